The number of nitrogens with zero attached hydrogens (tertiary/aromatic N) is 2. The summed E-state index contributed by atoms with van der Waals surface area (Å²) < 4.78 is 72.6. The van der Waals surface area contributed by atoms with E-state index < -0.39 is 34.2 Å². The Hall–Kier alpha value is -1.65. The highest BCUT2D eigenvalue weighted by Crippen LogP contribution is 2.29. The molecule has 0 radical (unpaired) electrons. The van der Waals surface area contributed by atoms with Gasteiger partial charge in [0.2, 0.25) is 0 Å². The summed E-state index contributed by atoms with van der Waals surface area (Å²) in [5.41, 5.74) is 0. The minimum absolute atomic E-state index is 0.293. The maximum absolute atomic E-state index is 12.1. The van der Waals surface area contributed by atoms with E-state index in [-0.39, 0.29) is 0 Å². The van der Waals surface area contributed by atoms with Crippen molar-refractivity contribution < 1.29 is 35.9 Å². The van der Waals surface area contributed by atoms with Crippen LogP contribution in [0.3, 0.4) is 0 Å². The van der Waals surface area contributed by atoms with Gasteiger partial charge in [0.05, 0.1) is 0 Å². The van der Waals surface area contributed by atoms with E-state index in [0.717, 1.165) is 11.6 Å². The zero-order chi connectivity index (χ0) is 14.1. The van der Waals surface area contributed by atoms with Gasteiger partial charge in [0.15, 0.2) is 5.13 Å². The minimum atomic E-state index is -5.62. The van der Waals surface area contributed by atoms with E-state index in [0.29, 0.717) is 11.3 Å². The molecule has 1 aromatic rings. The van der Waals surface area contributed by atoms with Crippen molar-refractivity contribution in [3.05, 3.63) is 11.6 Å². The van der Waals surface area contributed by atoms with E-state index in [2.05, 4.69) is 4.98 Å². The lowest BCUT2D eigenvalue weighted by Crippen LogP contribution is -2.50. The number of alkyl halides is 6. The van der Waals surface area contributed by atoms with Crippen molar-refractivity contribution in [1.29, 1.82) is 0 Å². The number of halogens is 6. The molecule has 1 aromatic heterocycles. The van der Waals surface area contributed by atoms with E-state index in [4.69, 9.17) is 0 Å². The summed E-state index contributed by atoms with van der Waals surface area (Å²) in [6.45, 7) is 0. The second kappa shape index (κ2) is 4.55. The standard InChI is InChI=1S/C7H2F6N2O2S/c8-6(9,10)3(16)15(4(17)7(11,12)13)5-14-1-2-18-5/h1-2H. The molecule has 0 fully saturated rings. The van der Waals surface area contributed by atoms with Crippen molar-refractivity contribution in [1.82, 2.24) is 4.98 Å². The van der Waals surface area contributed by atoms with E-state index in [1.165, 1.54) is 0 Å². The predicted molar refractivity (Wildman–Crippen MR) is 46.7 cm³/mol. The monoisotopic (exact) mass is 292 g/mol. The molecule has 11 heteroatoms. The Morgan fingerprint density at radius 2 is 1.50 bits per heavy atom. The van der Waals surface area contributed by atoms with Gasteiger partial charge in [0.1, 0.15) is 0 Å². The fourth-order valence-electron chi connectivity index (χ4n) is 0.846. The maximum atomic E-state index is 12.1. The van der Waals surface area contributed by atoms with Gasteiger partial charge in [-0.25, -0.2) is 9.88 Å². The quantitative estimate of drug-likeness (QED) is 0.745. The number of carbonyl (C=O) groups is 2. The molecule has 0 aliphatic carbocycles. The summed E-state index contributed by atoms with van der Waals surface area (Å²) >= 11 is 0.293. The minimum Gasteiger partial charge on any atom is -0.263 e. The van der Waals surface area contributed by atoms with Crippen LogP contribution in [-0.2, 0) is 9.59 Å². The van der Waals surface area contributed by atoms with Crippen LogP contribution in [0.4, 0.5) is 31.5 Å². The number of imide groups is 1. The molecule has 0 saturated heterocycles. The maximum Gasteiger partial charge on any atom is 0.472 e. The summed E-state index contributed by atoms with van der Waals surface area (Å²) in [5, 5.41) is 0.0231. The van der Waals surface area contributed by atoms with Gasteiger partial charge in [0.25, 0.3) is 0 Å². The van der Waals surface area contributed by atoms with Crippen LogP contribution in [0, 0.1) is 0 Å². The summed E-state index contributed by atoms with van der Waals surface area (Å²) in [4.78, 5) is 23.6. The fourth-order valence-corrected chi connectivity index (χ4v) is 1.48. The molecule has 0 spiro atoms. The SMILES string of the molecule is O=C(N(C(=O)C(F)(F)F)c1nccs1)C(F)(F)F. The van der Waals surface area contributed by atoms with Crippen LogP contribution < -0.4 is 4.90 Å². The van der Waals surface area contributed by atoms with Gasteiger partial charge < -0.3 is 0 Å². The van der Waals surface area contributed by atoms with Crippen molar-refractivity contribution in [2.45, 2.75) is 12.4 Å². The molecule has 0 bridgehead atoms. The molecule has 0 aromatic carbocycles. The van der Waals surface area contributed by atoms with Gasteiger partial charge in [-0.15, -0.1) is 11.3 Å². The topological polar surface area (TPSA) is 50.3 Å². The molecule has 0 unspecified atom stereocenters. The third-order valence-electron chi connectivity index (χ3n) is 1.50. The molecular weight excluding hydrogens is 290 g/mol. The number of hydrogen-bond acceptors (Lipinski definition) is 4. The number of amides is 2. The van der Waals surface area contributed by atoms with Gasteiger partial charge >= 0.3 is 24.2 Å². The van der Waals surface area contributed by atoms with Gasteiger partial charge in [-0.1, -0.05) is 0 Å². The third-order valence-corrected chi connectivity index (χ3v) is 2.26. The number of hydrogen-bond donors (Lipinski definition) is 0. The van der Waals surface area contributed by atoms with Crippen LogP contribution in [0.25, 0.3) is 0 Å². The van der Waals surface area contributed by atoms with Crippen LogP contribution in [0.5, 0.6) is 0 Å². The zero-order valence-corrected chi connectivity index (χ0v) is 8.86. The lowest BCUT2D eigenvalue weighted by molar-refractivity contribution is -0.181. The van der Waals surface area contributed by atoms with E-state index in [1.807, 2.05) is 0 Å². The highest BCUT2D eigenvalue weighted by Gasteiger charge is 2.53. The van der Waals surface area contributed by atoms with Crippen molar-refractivity contribution in [2.24, 2.45) is 0 Å². The average molecular weight is 292 g/mol. The Morgan fingerprint density at radius 3 is 1.78 bits per heavy atom. The highest BCUT2D eigenvalue weighted by atomic mass is 32.1. The number of thiazole rings is 1. The molecule has 1 heterocycles. The highest BCUT2D eigenvalue weighted by molar-refractivity contribution is 7.14. The molecule has 0 aliphatic rings. The Morgan fingerprint density at radius 1 is 1.06 bits per heavy atom. The van der Waals surface area contributed by atoms with Crippen LogP contribution in [0.2, 0.25) is 0 Å². The first-order chi connectivity index (χ1) is 8.05. The van der Waals surface area contributed by atoms with E-state index in [9.17, 15) is 35.9 Å². The Balaban J connectivity index is 3.21. The second-order valence-electron chi connectivity index (χ2n) is 2.76. The van der Waals surface area contributed by atoms with Gasteiger partial charge in [0, 0.05) is 11.6 Å². The van der Waals surface area contributed by atoms with Crippen LogP contribution in [0.1, 0.15) is 0 Å². The lowest BCUT2D eigenvalue weighted by atomic mass is 10.4. The molecule has 2 amide bonds. The average Bonchev–Trinajstić information content (AvgIpc) is 2.68. The third kappa shape index (κ3) is 2.97. The Kier molecular flexibility index (Phi) is 3.64. The largest absolute Gasteiger partial charge is 0.472 e. The van der Waals surface area contributed by atoms with Crippen molar-refractivity contribution >= 4 is 28.3 Å². The molecule has 0 saturated carbocycles. The van der Waals surface area contributed by atoms with Gasteiger partial charge in [-0.2, -0.15) is 26.3 Å². The molecule has 100 valence electrons. The zero-order valence-electron chi connectivity index (χ0n) is 8.04. The first-order valence-corrected chi connectivity index (χ1v) is 4.85. The number of carbonyl (C=O) groups excluding carboxylic acids is 2. The fraction of sp³-hybridized carbons (Fsp3) is 0.286. The first-order valence-electron chi connectivity index (χ1n) is 3.97. The first kappa shape index (κ1) is 14.4. The van der Waals surface area contributed by atoms with Crippen LogP contribution >= 0.6 is 11.3 Å². The molecule has 18 heavy (non-hydrogen) atoms. The number of rotatable bonds is 1. The summed E-state index contributed by atoms with van der Waals surface area (Å²) in [6.07, 6.45) is -10.4. The second-order valence-corrected chi connectivity index (χ2v) is 3.63. The van der Waals surface area contributed by atoms with E-state index >= 15 is 0 Å². The van der Waals surface area contributed by atoms with Gasteiger partial charge in [-0.05, 0) is 0 Å². The van der Waals surface area contributed by atoms with Crippen LogP contribution in [0.15, 0.2) is 11.6 Å². The molecule has 0 atom stereocenters. The smallest absolute Gasteiger partial charge is 0.263 e. The van der Waals surface area contributed by atoms with Gasteiger partial charge in [-0.3, -0.25) is 9.59 Å². The Bertz CT molecular complexity index is 425. The molecule has 0 N–H and O–H groups in total. The summed E-state index contributed by atoms with van der Waals surface area (Å²) in [7, 11) is 0. The Labute approximate surface area is 98.8 Å². The number of anilines is 1. The molecule has 1 rings (SSSR count). The van der Waals surface area contributed by atoms with E-state index in [1.54, 1.807) is 0 Å². The lowest BCUT2D eigenvalue weighted by Gasteiger charge is -2.20. The van der Waals surface area contributed by atoms with Crippen molar-refractivity contribution in [3.63, 3.8) is 0 Å². The summed E-state index contributed by atoms with van der Waals surface area (Å²) in [6, 6.07) is 0. The van der Waals surface area contributed by atoms with Crippen molar-refractivity contribution in [2.75, 3.05) is 4.90 Å². The molecular formula is C7H2F6N2O2S. The molecule has 0 aliphatic heterocycles. The predicted octanol–water partition coefficient (Wildman–Crippen LogP) is 2.13. The normalized spacial score (nSPS) is 12.3. The molecule has 4 nitrogen and oxygen atoms in total. The number of aromatic nitrogens is 1. The van der Waals surface area contributed by atoms with Crippen LogP contribution in [-0.4, -0.2) is 29.2 Å². The van der Waals surface area contributed by atoms with Crippen molar-refractivity contribution in [3.8, 4) is 0 Å². The summed E-state index contributed by atoms with van der Waals surface area (Å²) in [5.74, 6) is -5.89.